The second kappa shape index (κ2) is 8.07. The third-order valence-electron chi connectivity index (χ3n) is 3.90. The van der Waals surface area contributed by atoms with Gasteiger partial charge in [0, 0.05) is 23.3 Å². The lowest BCUT2D eigenvalue weighted by atomic mass is 10.0. The van der Waals surface area contributed by atoms with Crippen molar-refractivity contribution in [2.24, 2.45) is 5.92 Å². The van der Waals surface area contributed by atoms with Crippen molar-refractivity contribution in [1.29, 1.82) is 0 Å². The van der Waals surface area contributed by atoms with Gasteiger partial charge in [-0.15, -0.1) is 11.3 Å². The first-order valence-corrected chi connectivity index (χ1v) is 9.22. The summed E-state index contributed by atoms with van der Waals surface area (Å²) in [7, 11) is 0. The van der Waals surface area contributed by atoms with Crippen molar-refractivity contribution in [3.8, 4) is 11.4 Å². The molecule has 130 valence electrons. The van der Waals surface area contributed by atoms with Gasteiger partial charge in [0.25, 0.3) is 0 Å². The zero-order valence-corrected chi connectivity index (χ0v) is 15.1. The van der Waals surface area contributed by atoms with Gasteiger partial charge >= 0.3 is 0 Å². The van der Waals surface area contributed by atoms with E-state index in [-0.39, 0.29) is 11.9 Å². The number of hydrogen-bond donors (Lipinski definition) is 1. The van der Waals surface area contributed by atoms with Crippen LogP contribution in [0, 0.1) is 5.92 Å². The number of thiophene rings is 1. The van der Waals surface area contributed by atoms with E-state index in [4.69, 9.17) is 4.52 Å². The van der Waals surface area contributed by atoms with E-state index in [1.807, 2.05) is 41.8 Å². The van der Waals surface area contributed by atoms with E-state index in [1.54, 1.807) is 11.3 Å². The lowest BCUT2D eigenvalue weighted by Crippen LogP contribution is -2.31. The van der Waals surface area contributed by atoms with Crippen molar-refractivity contribution in [2.45, 2.75) is 32.7 Å². The minimum Gasteiger partial charge on any atom is -0.348 e. The molecule has 5 nitrogen and oxygen atoms in total. The Kier molecular flexibility index (Phi) is 5.60. The summed E-state index contributed by atoms with van der Waals surface area (Å²) in [6, 6.07) is 13.7. The predicted octanol–water partition coefficient (Wildman–Crippen LogP) is 4.24. The molecule has 1 amide bonds. The van der Waals surface area contributed by atoms with Crippen molar-refractivity contribution in [1.82, 2.24) is 15.5 Å². The highest BCUT2D eigenvalue weighted by atomic mass is 32.1. The second-order valence-corrected chi connectivity index (χ2v) is 7.16. The molecule has 0 radical (unpaired) electrons. The number of hydrogen-bond acceptors (Lipinski definition) is 5. The summed E-state index contributed by atoms with van der Waals surface area (Å²) in [5.41, 5.74) is 0.902. The van der Waals surface area contributed by atoms with E-state index < -0.39 is 0 Å². The van der Waals surface area contributed by atoms with Crippen LogP contribution in [0.3, 0.4) is 0 Å². The Hall–Kier alpha value is -2.47. The topological polar surface area (TPSA) is 68.0 Å². The van der Waals surface area contributed by atoms with Gasteiger partial charge in [0.05, 0.1) is 6.04 Å². The number of carbonyl (C=O) groups excluding carboxylic acids is 1. The average molecular weight is 355 g/mol. The molecule has 3 rings (SSSR count). The quantitative estimate of drug-likeness (QED) is 0.688. The highest BCUT2D eigenvalue weighted by Crippen LogP contribution is 2.26. The Morgan fingerprint density at radius 3 is 2.68 bits per heavy atom. The summed E-state index contributed by atoms with van der Waals surface area (Å²) >= 11 is 1.66. The molecular weight excluding hydrogens is 334 g/mol. The van der Waals surface area contributed by atoms with Gasteiger partial charge in [0.1, 0.15) is 0 Å². The molecule has 2 aromatic heterocycles. The molecule has 0 bridgehead atoms. The summed E-state index contributed by atoms with van der Waals surface area (Å²) in [6.45, 7) is 4.21. The molecule has 1 aromatic carbocycles. The Morgan fingerprint density at radius 2 is 2.00 bits per heavy atom. The largest absolute Gasteiger partial charge is 0.348 e. The van der Waals surface area contributed by atoms with Crippen LogP contribution >= 0.6 is 11.3 Å². The number of aromatic nitrogens is 2. The maximum Gasteiger partial charge on any atom is 0.227 e. The molecule has 0 aliphatic rings. The van der Waals surface area contributed by atoms with E-state index in [0.717, 1.165) is 5.56 Å². The summed E-state index contributed by atoms with van der Waals surface area (Å²) in [5, 5.41) is 9.12. The zero-order chi connectivity index (χ0) is 17.6. The average Bonchev–Trinajstić information content (AvgIpc) is 3.30. The first-order valence-electron chi connectivity index (χ1n) is 8.34. The van der Waals surface area contributed by atoms with Crippen LogP contribution in [0.4, 0.5) is 0 Å². The molecule has 0 aliphatic carbocycles. The fourth-order valence-corrected chi connectivity index (χ4v) is 3.51. The van der Waals surface area contributed by atoms with Crippen molar-refractivity contribution in [3.63, 3.8) is 0 Å². The fourth-order valence-electron chi connectivity index (χ4n) is 2.56. The van der Waals surface area contributed by atoms with Crippen LogP contribution in [0.1, 0.15) is 37.1 Å². The molecule has 0 saturated heterocycles. The molecule has 0 unspecified atom stereocenters. The minimum absolute atomic E-state index is 0.00781. The molecular formula is C19H21N3O2S. The lowest BCUT2D eigenvalue weighted by Gasteiger charge is -2.21. The van der Waals surface area contributed by atoms with Crippen molar-refractivity contribution < 1.29 is 9.32 Å². The SMILES string of the molecule is CC(C)[C@H](NC(=O)CCc1nc(-c2ccccc2)no1)c1cccs1. The number of aryl methyl sites for hydroxylation is 1. The number of amides is 1. The summed E-state index contributed by atoms with van der Waals surface area (Å²) in [5.74, 6) is 1.35. The van der Waals surface area contributed by atoms with Crippen molar-refractivity contribution in [3.05, 3.63) is 58.6 Å². The van der Waals surface area contributed by atoms with E-state index in [1.165, 1.54) is 4.88 Å². The van der Waals surface area contributed by atoms with Crippen LogP contribution in [0.5, 0.6) is 0 Å². The Labute approximate surface area is 151 Å². The molecule has 3 aromatic rings. The number of rotatable bonds is 7. The van der Waals surface area contributed by atoms with Gasteiger partial charge in [-0.25, -0.2) is 0 Å². The van der Waals surface area contributed by atoms with Gasteiger partial charge in [-0.05, 0) is 17.4 Å². The molecule has 0 saturated carbocycles. The highest BCUT2D eigenvalue weighted by molar-refractivity contribution is 7.10. The summed E-state index contributed by atoms with van der Waals surface area (Å²) < 4.78 is 5.26. The Morgan fingerprint density at radius 1 is 1.20 bits per heavy atom. The standard InChI is InChI=1S/C19H21N3O2S/c1-13(2)18(15-9-6-12-25-15)20-16(23)10-11-17-21-19(22-24-17)14-7-4-3-5-8-14/h3-9,12-13,18H,10-11H2,1-2H3,(H,20,23)/t18-/m0/s1. The van der Waals surface area contributed by atoms with Gasteiger partial charge in [-0.1, -0.05) is 55.4 Å². The van der Waals surface area contributed by atoms with Gasteiger partial charge < -0.3 is 9.84 Å². The van der Waals surface area contributed by atoms with Gasteiger partial charge in [0.2, 0.25) is 17.6 Å². The maximum absolute atomic E-state index is 12.3. The van der Waals surface area contributed by atoms with Gasteiger partial charge in [-0.3, -0.25) is 4.79 Å². The Bertz CT molecular complexity index is 797. The van der Waals surface area contributed by atoms with E-state index in [2.05, 4.69) is 35.4 Å². The molecule has 0 aliphatic heterocycles. The molecule has 1 N–H and O–H groups in total. The van der Waals surface area contributed by atoms with Crippen LogP contribution in [-0.4, -0.2) is 16.0 Å². The predicted molar refractivity (Wildman–Crippen MR) is 98.1 cm³/mol. The van der Waals surface area contributed by atoms with Gasteiger partial charge in [0.15, 0.2) is 0 Å². The molecule has 2 heterocycles. The highest BCUT2D eigenvalue weighted by Gasteiger charge is 2.19. The first-order chi connectivity index (χ1) is 12.1. The van der Waals surface area contributed by atoms with Crippen LogP contribution in [-0.2, 0) is 11.2 Å². The van der Waals surface area contributed by atoms with Crippen LogP contribution in [0.25, 0.3) is 11.4 Å². The molecule has 1 atom stereocenters. The third-order valence-corrected chi connectivity index (χ3v) is 4.85. The van der Waals surface area contributed by atoms with E-state index in [0.29, 0.717) is 30.5 Å². The fraction of sp³-hybridized carbons (Fsp3) is 0.316. The summed E-state index contributed by atoms with van der Waals surface area (Å²) in [4.78, 5) is 17.8. The molecule has 6 heteroatoms. The van der Waals surface area contributed by atoms with Crippen LogP contribution in [0.2, 0.25) is 0 Å². The smallest absolute Gasteiger partial charge is 0.227 e. The van der Waals surface area contributed by atoms with Crippen LogP contribution < -0.4 is 5.32 Å². The monoisotopic (exact) mass is 355 g/mol. The summed E-state index contributed by atoms with van der Waals surface area (Å²) in [6.07, 6.45) is 0.756. The number of benzene rings is 1. The maximum atomic E-state index is 12.3. The van der Waals surface area contributed by atoms with E-state index in [9.17, 15) is 4.79 Å². The molecule has 0 fully saturated rings. The molecule has 25 heavy (non-hydrogen) atoms. The third kappa shape index (κ3) is 4.54. The number of nitrogens with one attached hydrogen (secondary N) is 1. The minimum atomic E-state index is -0.00781. The molecule has 0 spiro atoms. The van der Waals surface area contributed by atoms with Crippen molar-refractivity contribution >= 4 is 17.2 Å². The zero-order valence-electron chi connectivity index (χ0n) is 14.3. The van der Waals surface area contributed by atoms with Gasteiger partial charge in [-0.2, -0.15) is 4.98 Å². The van der Waals surface area contributed by atoms with Crippen LogP contribution in [0.15, 0.2) is 52.4 Å². The number of nitrogens with zero attached hydrogens (tertiary/aromatic N) is 2. The second-order valence-electron chi connectivity index (χ2n) is 6.18. The van der Waals surface area contributed by atoms with Crippen molar-refractivity contribution in [2.75, 3.05) is 0 Å². The van der Waals surface area contributed by atoms with E-state index >= 15 is 0 Å². The number of carbonyl (C=O) groups is 1. The lowest BCUT2D eigenvalue weighted by molar-refractivity contribution is -0.122. The normalized spacial score (nSPS) is 12.3. The Balaban J connectivity index is 1.56. The first kappa shape index (κ1) is 17.4.